The van der Waals surface area contributed by atoms with E-state index in [1.165, 1.54) is 12.1 Å². The highest BCUT2D eigenvalue weighted by Crippen LogP contribution is 2.06. The van der Waals surface area contributed by atoms with Gasteiger partial charge in [0, 0.05) is 0 Å². The number of rotatable bonds is 4. The molecule has 0 radical (unpaired) electrons. The van der Waals surface area contributed by atoms with Crippen molar-refractivity contribution in [3.63, 3.8) is 0 Å². The Morgan fingerprint density at radius 3 is 2.92 bits per heavy atom. The van der Waals surface area contributed by atoms with Gasteiger partial charge < -0.3 is 9.84 Å². The molecule has 0 atom stereocenters. The smallest absolute Gasteiger partial charge is 0.335 e. The van der Waals surface area contributed by atoms with Crippen molar-refractivity contribution in [3.8, 4) is 0 Å². The lowest BCUT2D eigenvalue weighted by Crippen LogP contribution is -1.98. The van der Waals surface area contributed by atoms with Crippen LogP contribution in [-0.2, 0) is 11.3 Å². The second kappa shape index (κ2) is 4.57. The number of carboxylic acid groups (broad SMARTS) is 1. The molecule has 0 saturated heterocycles. The second-order valence-electron chi connectivity index (χ2n) is 2.46. The zero-order chi connectivity index (χ0) is 9.68. The van der Waals surface area contributed by atoms with E-state index in [-0.39, 0.29) is 12.2 Å². The predicted molar refractivity (Wildman–Crippen MR) is 44.2 cm³/mol. The van der Waals surface area contributed by atoms with E-state index in [2.05, 4.69) is 4.74 Å². The summed E-state index contributed by atoms with van der Waals surface area (Å²) in [5.74, 6) is -0.998. The van der Waals surface area contributed by atoms with Gasteiger partial charge in [0.1, 0.15) is 0 Å². The van der Waals surface area contributed by atoms with Crippen LogP contribution in [0.1, 0.15) is 15.9 Å². The number of halogens is 1. The Kier molecular flexibility index (Phi) is 3.40. The highest BCUT2D eigenvalue weighted by atomic mass is 19.1. The molecular weight excluding hydrogens is 175 g/mol. The van der Waals surface area contributed by atoms with Gasteiger partial charge in [0.2, 0.25) is 0 Å². The molecule has 0 aromatic heterocycles. The summed E-state index contributed by atoms with van der Waals surface area (Å²) in [6, 6.07) is 6.21. The molecule has 0 bridgehead atoms. The molecule has 0 saturated carbocycles. The van der Waals surface area contributed by atoms with Crippen molar-refractivity contribution in [2.24, 2.45) is 0 Å². The van der Waals surface area contributed by atoms with Crippen LogP contribution in [0.5, 0.6) is 0 Å². The Hall–Kier alpha value is -1.42. The molecule has 1 aromatic rings. The van der Waals surface area contributed by atoms with Crippen molar-refractivity contribution in [3.05, 3.63) is 35.4 Å². The van der Waals surface area contributed by atoms with Gasteiger partial charge in [0.15, 0.2) is 6.86 Å². The molecule has 0 amide bonds. The Balaban J connectivity index is 2.73. The largest absolute Gasteiger partial charge is 0.478 e. The lowest BCUT2D eigenvalue weighted by molar-refractivity contribution is 0.0461. The molecule has 1 aromatic carbocycles. The van der Waals surface area contributed by atoms with Crippen molar-refractivity contribution in [2.45, 2.75) is 6.61 Å². The third kappa shape index (κ3) is 2.83. The average Bonchev–Trinajstić information content (AvgIpc) is 2.15. The first kappa shape index (κ1) is 9.67. The third-order valence-electron chi connectivity index (χ3n) is 1.52. The fourth-order valence-corrected chi connectivity index (χ4v) is 0.951. The Bertz CT molecular complexity index is 299. The van der Waals surface area contributed by atoms with Crippen LogP contribution in [0.15, 0.2) is 24.3 Å². The van der Waals surface area contributed by atoms with Crippen LogP contribution >= 0.6 is 0 Å². The molecule has 0 aliphatic rings. The minimum Gasteiger partial charge on any atom is -0.478 e. The number of hydrogen-bond donors (Lipinski definition) is 1. The van der Waals surface area contributed by atoms with Gasteiger partial charge in [-0.2, -0.15) is 0 Å². The van der Waals surface area contributed by atoms with Crippen LogP contribution in [0.3, 0.4) is 0 Å². The van der Waals surface area contributed by atoms with E-state index in [0.717, 1.165) is 0 Å². The highest BCUT2D eigenvalue weighted by Gasteiger charge is 2.02. The van der Waals surface area contributed by atoms with E-state index in [4.69, 9.17) is 5.11 Å². The number of benzene rings is 1. The number of ether oxygens (including phenoxy) is 1. The van der Waals surface area contributed by atoms with Gasteiger partial charge in [0.25, 0.3) is 0 Å². The van der Waals surface area contributed by atoms with Crippen LogP contribution in [0.4, 0.5) is 4.39 Å². The topological polar surface area (TPSA) is 46.5 Å². The molecule has 0 aliphatic heterocycles. The predicted octanol–water partition coefficient (Wildman–Crippen LogP) is 1.83. The van der Waals surface area contributed by atoms with Gasteiger partial charge in [-0.15, -0.1) is 0 Å². The summed E-state index contributed by atoms with van der Waals surface area (Å²) in [5, 5.41) is 8.62. The lowest BCUT2D eigenvalue weighted by atomic mass is 10.1. The molecule has 3 nitrogen and oxygen atoms in total. The minimum atomic E-state index is -0.998. The molecular formula is C9H9FO3. The van der Waals surface area contributed by atoms with E-state index < -0.39 is 12.8 Å². The summed E-state index contributed by atoms with van der Waals surface area (Å²) in [6.07, 6.45) is 0. The number of carbonyl (C=O) groups is 1. The number of carboxylic acids is 1. The molecule has 70 valence electrons. The van der Waals surface area contributed by atoms with Gasteiger partial charge in [-0.05, 0) is 17.7 Å². The second-order valence-corrected chi connectivity index (χ2v) is 2.46. The zero-order valence-electron chi connectivity index (χ0n) is 6.87. The maximum Gasteiger partial charge on any atom is 0.335 e. The van der Waals surface area contributed by atoms with Crippen molar-refractivity contribution < 1.29 is 19.0 Å². The van der Waals surface area contributed by atoms with Gasteiger partial charge in [0.05, 0.1) is 12.2 Å². The van der Waals surface area contributed by atoms with Crippen LogP contribution in [-0.4, -0.2) is 17.9 Å². The first-order valence-electron chi connectivity index (χ1n) is 3.70. The van der Waals surface area contributed by atoms with Crippen molar-refractivity contribution in [1.82, 2.24) is 0 Å². The average molecular weight is 184 g/mol. The Morgan fingerprint density at radius 1 is 1.54 bits per heavy atom. The Labute approximate surface area is 74.8 Å². The normalized spacial score (nSPS) is 9.92. The SMILES string of the molecule is O=C(O)c1cccc(COCF)c1. The molecule has 13 heavy (non-hydrogen) atoms. The van der Waals surface area contributed by atoms with Crippen molar-refractivity contribution in [1.29, 1.82) is 0 Å². The first-order valence-corrected chi connectivity index (χ1v) is 3.70. The van der Waals surface area contributed by atoms with Gasteiger partial charge >= 0.3 is 5.97 Å². The van der Waals surface area contributed by atoms with Crippen molar-refractivity contribution in [2.75, 3.05) is 6.86 Å². The third-order valence-corrected chi connectivity index (χ3v) is 1.52. The molecule has 1 N–H and O–H groups in total. The molecule has 1 rings (SSSR count). The van der Waals surface area contributed by atoms with Crippen LogP contribution in [0.2, 0.25) is 0 Å². The van der Waals surface area contributed by atoms with Crippen LogP contribution < -0.4 is 0 Å². The van der Waals surface area contributed by atoms with E-state index in [0.29, 0.717) is 5.56 Å². The summed E-state index contributed by atoms with van der Waals surface area (Å²) < 4.78 is 16.1. The van der Waals surface area contributed by atoms with E-state index in [9.17, 15) is 9.18 Å². The lowest BCUT2D eigenvalue weighted by Gasteiger charge is -2.00. The number of alkyl halides is 1. The van der Waals surface area contributed by atoms with Gasteiger partial charge in [-0.3, -0.25) is 0 Å². The zero-order valence-corrected chi connectivity index (χ0v) is 6.87. The molecule has 0 spiro atoms. The molecule has 4 heteroatoms. The maximum atomic E-state index is 11.6. The summed E-state index contributed by atoms with van der Waals surface area (Å²) in [7, 11) is 0. The highest BCUT2D eigenvalue weighted by molar-refractivity contribution is 5.87. The minimum absolute atomic E-state index is 0.0949. The summed E-state index contributed by atoms with van der Waals surface area (Å²) in [5.41, 5.74) is 0.831. The van der Waals surface area contributed by atoms with Gasteiger partial charge in [-0.25, -0.2) is 9.18 Å². The Morgan fingerprint density at radius 2 is 2.31 bits per heavy atom. The molecule has 0 unspecified atom stereocenters. The van der Waals surface area contributed by atoms with E-state index in [1.807, 2.05) is 0 Å². The quantitative estimate of drug-likeness (QED) is 0.776. The fourth-order valence-electron chi connectivity index (χ4n) is 0.951. The number of hydrogen-bond acceptors (Lipinski definition) is 2. The standard InChI is InChI=1S/C9H9FO3/c10-6-13-5-7-2-1-3-8(4-7)9(11)12/h1-4H,5-6H2,(H,11,12). The molecule has 0 aliphatic carbocycles. The monoisotopic (exact) mass is 184 g/mol. The first-order chi connectivity index (χ1) is 6.24. The van der Waals surface area contributed by atoms with Crippen molar-refractivity contribution >= 4 is 5.97 Å². The van der Waals surface area contributed by atoms with Crippen LogP contribution in [0.25, 0.3) is 0 Å². The number of aromatic carboxylic acids is 1. The summed E-state index contributed by atoms with van der Waals surface area (Å²) >= 11 is 0. The van der Waals surface area contributed by atoms with Crippen LogP contribution in [0, 0.1) is 0 Å². The summed E-state index contributed by atoms with van der Waals surface area (Å²) in [6.45, 7) is -0.769. The molecule has 0 fully saturated rings. The maximum absolute atomic E-state index is 11.6. The van der Waals surface area contributed by atoms with Gasteiger partial charge in [-0.1, -0.05) is 12.1 Å². The molecule has 0 heterocycles. The summed E-state index contributed by atoms with van der Waals surface area (Å²) in [4.78, 5) is 10.5. The van der Waals surface area contributed by atoms with E-state index >= 15 is 0 Å². The fraction of sp³-hybridized carbons (Fsp3) is 0.222. The van der Waals surface area contributed by atoms with E-state index in [1.54, 1.807) is 12.1 Å².